The maximum Gasteiger partial charge on any atom is 0.264 e. The van der Waals surface area contributed by atoms with E-state index in [1.54, 1.807) is 25.2 Å². The van der Waals surface area contributed by atoms with E-state index in [1.165, 1.54) is 4.90 Å². The van der Waals surface area contributed by atoms with Crippen LogP contribution >= 0.6 is 0 Å². The number of fused-ring (bicyclic) bond motifs is 1. The van der Waals surface area contributed by atoms with Crippen LogP contribution in [-0.4, -0.2) is 25.5 Å². The van der Waals surface area contributed by atoms with Crippen LogP contribution in [0.25, 0.3) is 0 Å². The monoisotopic (exact) mass is 220 g/mol. The minimum atomic E-state index is -0.398. The average molecular weight is 220 g/mol. The second-order valence-corrected chi connectivity index (χ2v) is 3.69. The van der Waals surface area contributed by atoms with E-state index in [2.05, 4.69) is 0 Å². The molecule has 1 heterocycles. The summed E-state index contributed by atoms with van der Waals surface area (Å²) in [4.78, 5) is 23.7. The SMILES string of the molecule is CN1C(=O)COc2ccc(CC(N)=O)cc21. The highest BCUT2D eigenvalue weighted by molar-refractivity contribution is 5.97. The molecule has 0 saturated carbocycles. The number of rotatable bonds is 2. The number of carbonyl (C=O) groups excluding carboxylic acids is 2. The topological polar surface area (TPSA) is 72.6 Å². The lowest BCUT2D eigenvalue weighted by Gasteiger charge is -2.26. The van der Waals surface area contributed by atoms with Gasteiger partial charge in [-0.25, -0.2) is 0 Å². The van der Waals surface area contributed by atoms with E-state index in [9.17, 15) is 9.59 Å². The molecule has 1 aliphatic rings. The summed E-state index contributed by atoms with van der Waals surface area (Å²) in [6.45, 7) is 0.0542. The van der Waals surface area contributed by atoms with Crippen molar-refractivity contribution in [2.75, 3.05) is 18.6 Å². The van der Waals surface area contributed by atoms with E-state index in [0.29, 0.717) is 11.4 Å². The summed E-state index contributed by atoms with van der Waals surface area (Å²) in [6, 6.07) is 5.26. The minimum absolute atomic E-state index is 0.0542. The van der Waals surface area contributed by atoms with Crippen LogP contribution in [0.3, 0.4) is 0 Å². The Morgan fingerprint density at radius 3 is 3.00 bits per heavy atom. The van der Waals surface area contributed by atoms with Crippen LogP contribution in [0.2, 0.25) is 0 Å². The lowest BCUT2D eigenvalue weighted by atomic mass is 10.1. The molecule has 2 amide bonds. The van der Waals surface area contributed by atoms with Crippen molar-refractivity contribution in [2.24, 2.45) is 5.73 Å². The Balaban J connectivity index is 2.36. The van der Waals surface area contributed by atoms with E-state index in [-0.39, 0.29) is 18.9 Å². The van der Waals surface area contributed by atoms with E-state index in [0.717, 1.165) is 5.56 Å². The normalized spacial score (nSPS) is 14.3. The van der Waals surface area contributed by atoms with E-state index in [4.69, 9.17) is 10.5 Å². The molecule has 0 unspecified atom stereocenters. The fraction of sp³-hybridized carbons (Fsp3) is 0.273. The molecule has 0 fully saturated rings. The van der Waals surface area contributed by atoms with Crippen molar-refractivity contribution >= 4 is 17.5 Å². The van der Waals surface area contributed by atoms with Gasteiger partial charge in [-0.05, 0) is 17.7 Å². The number of nitrogens with zero attached hydrogens (tertiary/aromatic N) is 1. The summed E-state index contributed by atoms with van der Waals surface area (Å²) >= 11 is 0. The molecule has 0 atom stereocenters. The molecule has 2 rings (SSSR count). The van der Waals surface area contributed by atoms with Gasteiger partial charge in [0.1, 0.15) is 5.75 Å². The highest BCUT2D eigenvalue weighted by Crippen LogP contribution is 2.31. The van der Waals surface area contributed by atoms with Crippen molar-refractivity contribution in [2.45, 2.75) is 6.42 Å². The lowest BCUT2D eigenvalue weighted by Crippen LogP contribution is -2.35. The Kier molecular flexibility index (Phi) is 2.52. The maximum atomic E-state index is 11.4. The molecule has 0 spiro atoms. The molecule has 2 N–H and O–H groups in total. The molecule has 0 aliphatic carbocycles. The summed E-state index contributed by atoms with van der Waals surface area (Å²) in [6.07, 6.45) is 0.162. The van der Waals surface area contributed by atoms with Crippen LogP contribution in [0.4, 0.5) is 5.69 Å². The number of benzene rings is 1. The standard InChI is InChI=1S/C11H12N2O3/c1-13-8-4-7(5-10(12)14)2-3-9(8)16-6-11(13)15/h2-4H,5-6H2,1H3,(H2,12,14). The van der Waals surface area contributed by atoms with Gasteiger partial charge in [0.25, 0.3) is 5.91 Å². The van der Waals surface area contributed by atoms with Gasteiger partial charge in [-0.3, -0.25) is 9.59 Å². The van der Waals surface area contributed by atoms with Gasteiger partial charge in [0, 0.05) is 7.05 Å². The summed E-state index contributed by atoms with van der Waals surface area (Å²) in [5, 5.41) is 0. The number of anilines is 1. The van der Waals surface area contributed by atoms with E-state index >= 15 is 0 Å². The molecule has 0 saturated heterocycles. The second kappa shape index (κ2) is 3.84. The molecule has 1 aliphatic heterocycles. The van der Waals surface area contributed by atoms with Gasteiger partial charge >= 0.3 is 0 Å². The fourth-order valence-electron chi connectivity index (χ4n) is 1.63. The number of nitrogens with two attached hydrogens (primary N) is 1. The second-order valence-electron chi connectivity index (χ2n) is 3.69. The van der Waals surface area contributed by atoms with Gasteiger partial charge in [0.05, 0.1) is 12.1 Å². The van der Waals surface area contributed by atoms with Crippen LogP contribution in [0.15, 0.2) is 18.2 Å². The number of ether oxygens (including phenoxy) is 1. The van der Waals surface area contributed by atoms with Crippen molar-refractivity contribution in [1.29, 1.82) is 0 Å². The molecule has 1 aromatic rings. The van der Waals surface area contributed by atoms with E-state index < -0.39 is 5.91 Å². The zero-order valence-corrected chi connectivity index (χ0v) is 8.90. The quantitative estimate of drug-likeness (QED) is 0.766. The molecule has 0 radical (unpaired) electrons. The van der Waals surface area contributed by atoms with Gasteiger partial charge in [0.2, 0.25) is 5.91 Å². The van der Waals surface area contributed by atoms with Crippen molar-refractivity contribution in [3.8, 4) is 5.75 Å². The van der Waals surface area contributed by atoms with Crippen molar-refractivity contribution in [1.82, 2.24) is 0 Å². The van der Waals surface area contributed by atoms with E-state index in [1.807, 2.05) is 0 Å². The van der Waals surface area contributed by atoms with Gasteiger partial charge in [-0.2, -0.15) is 0 Å². The van der Waals surface area contributed by atoms with Crippen LogP contribution in [0.5, 0.6) is 5.75 Å². The third kappa shape index (κ3) is 1.84. The first-order chi connectivity index (χ1) is 7.58. The zero-order valence-electron chi connectivity index (χ0n) is 8.90. The molecule has 16 heavy (non-hydrogen) atoms. The van der Waals surface area contributed by atoms with Crippen LogP contribution in [0.1, 0.15) is 5.56 Å². The van der Waals surface area contributed by atoms with Crippen LogP contribution in [0, 0.1) is 0 Å². The van der Waals surface area contributed by atoms with Gasteiger partial charge < -0.3 is 15.4 Å². The molecule has 5 nitrogen and oxygen atoms in total. The Labute approximate surface area is 92.8 Å². The van der Waals surface area contributed by atoms with Crippen molar-refractivity contribution in [3.63, 3.8) is 0 Å². The third-order valence-corrected chi connectivity index (χ3v) is 2.49. The summed E-state index contributed by atoms with van der Waals surface area (Å²) in [5.74, 6) is 0.143. The number of carbonyl (C=O) groups is 2. The van der Waals surface area contributed by atoms with Gasteiger partial charge in [-0.1, -0.05) is 6.07 Å². The molecule has 0 aromatic heterocycles. The first-order valence-corrected chi connectivity index (χ1v) is 4.88. The predicted octanol–water partition coefficient (Wildman–Crippen LogP) is 0.0696. The largest absolute Gasteiger partial charge is 0.482 e. The smallest absolute Gasteiger partial charge is 0.264 e. The number of hydrogen-bond donors (Lipinski definition) is 1. The van der Waals surface area contributed by atoms with Crippen LogP contribution < -0.4 is 15.4 Å². The van der Waals surface area contributed by atoms with Gasteiger partial charge in [-0.15, -0.1) is 0 Å². The highest BCUT2D eigenvalue weighted by atomic mass is 16.5. The molecular formula is C11H12N2O3. The Hall–Kier alpha value is -2.04. The van der Waals surface area contributed by atoms with Crippen molar-refractivity contribution < 1.29 is 14.3 Å². The molecule has 0 bridgehead atoms. The van der Waals surface area contributed by atoms with Crippen molar-refractivity contribution in [3.05, 3.63) is 23.8 Å². The highest BCUT2D eigenvalue weighted by Gasteiger charge is 2.22. The summed E-state index contributed by atoms with van der Waals surface area (Å²) in [7, 11) is 1.68. The zero-order chi connectivity index (χ0) is 11.7. The predicted molar refractivity (Wildman–Crippen MR) is 58.2 cm³/mol. The maximum absolute atomic E-state index is 11.4. The molecule has 5 heteroatoms. The third-order valence-electron chi connectivity index (χ3n) is 2.49. The Morgan fingerprint density at radius 1 is 1.56 bits per heavy atom. The summed E-state index contributed by atoms with van der Waals surface area (Å²) < 4.78 is 5.26. The number of hydrogen-bond acceptors (Lipinski definition) is 3. The number of likely N-dealkylation sites (N-methyl/N-ethyl adjacent to an activating group) is 1. The van der Waals surface area contributed by atoms with Crippen LogP contribution in [-0.2, 0) is 16.0 Å². The lowest BCUT2D eigenvalue weighted by molar-refractivity contribution is -0.121. The first kappa shape index (κ1) is 10.5. The first-order valence-electron chi connectivity index (χ1n) is 4.88. The van der Waals surface area contributed by atoms with Gasteiger partial charge in [0.15, 0.2) is 6.61 Å². The average Bonchev–Trinajstić information content (AvgIpc) is 2.23. The summed E-state index contributed by atoms with van der Waals surface area (Å²) in [5.41, 5.74) is 6.56. The Bertz CT molecular complexity index is 457. The number of amides is 2. The molecule has 1 aromatic carbocycles. The molecule has 84 valence electrons. The number of primary amides is 1. The molecular weight excluding hydrogens is 208 g/mol. The minimum Gasteiger partial charge on any atom is -0.482 e. The Morgan fingerprint density at radius 2 is 2.31 bits per heavy atom. The fourth-order valence-corrected chi connectivity index (χ4v) is 1.63.